The van der Waals surface area contributed by atoms with Crippen molar-refractivity contribution in [1.82, 2.24) is 0 Å². The van der Waals surface area contributed by atoms with Crippen molar-refractivity contribution in [3.63, 3.8) is 0 Å². The molecule has 2 unspecified atom stereocenters. The lowest BCUT2D eigenvalue weighted by atomic mass is 9.91. The second-order valence-corrected chi connectivity index (χ2v) is 9.01. The van der Waals surface area contributed by atoms with Gasteiger partial charge < -0.3 is 10.2 Å². The van der Waals surface area contributed by atoms with E-state index in [1.165, 1.54) is 6.92 Å². The zero-order valence-corrected chi connectivity index (χ0v) is 16.9. The number of hydrogen-bond donors (Lipinski definition) is 2. The average Bonchev–Trinajstić information content (AvgIpc) is 2.55. The van der Waals surface area contributed by atoms with Crippen LogP contribution in [0.15, 0.2) is 42.5 Å². The molecule has 8 heteroatoms. The molecule has 2 aromatic rings. The molecule has 0 aromatic heterocycles. The topological polar surface area (TPSA) is 78.5 Å². The molecule has 1 aliphatic heterocycles. The minimum Gasteiger partial charge on any atom is -0.378 e. The van der Waals surface area contributed by atoms with Gasteiger partial charge >= 0.3 is 0 Å². The molecule has 27 heavy (non-hydrogen) atoms. The molecule has 0 spiro atoms. The van der Waals surface area contributed by atoms with E-state index in [-0.39, 0.29) is 18.0 Å². The van der Waals surface area contributed by atoms with E-state index in [9.17, 15) is 13.2 Å². The fourth-order valence-corrected chi connectivity index (χ4v) is 4.19. The summed E-state index contributed by atoms with van der Waals surface area (Å²) in [7, 11) is -3.39. The molecule has 2 N–H and O–H groups in total. The Bertz CT molecular complexity index is 961. The van der Waals surface area contributed by atoms with Crippen LogP contribution in [0.2, 0.25) is 5.02 Å². The summed E-state index contributed by atoms with van der Waals surface area (Å²) in [6.45, 7) is 3.54. The zero-order chi connectivity index (χ0) is 19.8. The molecule has 0 saturated heterocycles. The van der Waals surface area contributed by atoms with E-state index >= 15 is 0 Å². The highest BCUT2D eigenvalue weighted by atomic mass is 35.5. The van der Waals surface area contributed by atoms with Gasteiger partial charge in [0.1, 0.15) is 0 Å². The maximum atomic E-state index is 12.2. The molecule has 0 aliphatic carbocycles. The number of fused-ring (bicyclic) bond motifs is 1. The second kappa shape index (κ2) is 7.40. The van der Waals surface area contributed by atoms with Crippen molar-refractivity contribution in [2.45, 2.75) is 32.4 Å². The van der Waals surface area contributed by atoms with Gasteiger partial charge in [-0.1, -0.05) is 11.6 Å². The van der Waals surface area contributed by atoms with Crippen molar-refractivity contribution in [3.05, 3.63) is 53.1 Å². The van der Waals surface area contributed by atoms with Crippen LogP contribution in [0, 0.1) is 0 Å². The van der Waals surface area contributed by atoms with Gasteiger partial charge in [-0.3, -0.25) is 9.52 Å². The van der Waals surface area contributed by atoms with Gasteiger partial charge in [0.15, 0.2) is 0 Å². The number of benzene rings is 2. The molecule has 0 radical (unpaired) electrons. The van der Waals surface area contributed by atoms with Crippen LogP contribution < -0.4 is 14.9 Å². The third-order valence-corrected chi connectivity index (χ3v) is 5.37. The molecule has 1 aliphatic rings. The Morgan fingerprint density at radius 1 is 1.15 bits per heavy atom. The Morgan fingerprint density at radius 3 is 2.37 bits per heavy atom. The van der Waals surface area contributed by atoms with Crippen molar-refractivity contribution in [1.29, 1.82) is 0 Å². The van der Waals surface area contributed by atoms with Crippen LogP contribution in [0.3, 0.4) is 0 Å². The number of halogens is 1. The number of anilines is 3. The van der Waals surface area contributed by atoms with E-state index in [1.54, 1.807) is 35.2 Å². The summed E-state index contributed by atoms with van der Waals surface area (Å²) >= 11 is 5.96. The molecule has 0 bridgehead atoms. The monoisotopic (exact) mass is 407 g/mol. The van der Waals surface area contributed by atoms with Crippen LogP contribution >= 0.6 is 11.6 Å². The number of nitrogens with one attached hydrogen (secondary N) is 2. The van der Waals surface area contributed by atoms with Crippen molar-refractivity contribution in [3.8, 4) is 0 Å². The molecule has 6 nitrogen and oxygen atoms in total. The number of nitrogens with zero attached hydrogens (tertiary/aromatic N) is 1. The minimum absolute atomic E-state index is 0.00789. The van der Waals surface area contributed by atoms with Gasteiger partial charge in [-0.05, 0) is 55.8 Å². The van der Waals surface area contributed by atoms with E-state index in [0.29, 0.717) is 17.1 Å². The van der Waals surface area contributed by atoms with Gasteiger partial charge in [0.05, 0.1) is 12.3 Å². The Morgan fingerprint density at radius 2 is 1.78 bits per heavy atom. The highest BCUT2D eigenvalue weighted by molar-refractivity contribution is 7.92. The molecular weight excluding hydrogens is 386 g/mol. The number of rotatable bonds is 4. The molecule has 0 fully saturated rings. The van der Waals surface area contributed by atoms with E-state index < -0.39 is 10.0 Å². The largest absolute Gasteiger partial charge is 0.378 e. The number of carbonyl (C=O) groups is 1. The molecular formula is C19H22ClN3O3S. The second-order valence-electron chi connectivity index (χ2n) is 6.83. The van der Waals surface area contributed by atoms with E-state index in [1.807, 2.05) is 19.1 Å². The summed E-state index contributed by atoms with van der Waals surface area (Å²) in [5.41, 5.74) is 3.02. The summed E-state index contributed by atoms with van der Waals surface area (Å²) < 4.78 is 25.7. The number of amides is 1. The van der Waals surface area contributed by atoms with Crippen LogP contribution in [0.25, 0.3) is 0 Å². The van der Waals surface area contributed by atoms with Crippen LogP contribution in [0.5, 0.6) is 0 Å². The Kier molecular flexibility index (Phi) is 5.35. The Balaban J connectivity index is 2.02. The third kappa shape index (κ3) is 4.54. The van der Waals surface area contributed by atoms with Gasteiger partial charge in [-0.25, -0.2) is 8.42 Å². The molecule has 2 aromatic carbocycles. The third-order valence-electron chi connectivity index (χ3n) is 4.51. The molecule has 144 valence electrons. The maximum absolute atomic E-state index is 12.2. The smallest absolute Gasteiger partial charge is 0.229 e. The van der Waals surface area contributed by atoms with Crippen LogP contribution in [-0.4, -0.2) is 26.6 Å². The predicted octanol–water partition coefficient (Wildman–Crippen LogP) is 4.01. The fourth-order valence-electron chi connectivity index (χ4n) is 3.51. The first-order valence-corrected chi connectivity index (χ1v) is 10.8. The number of carbonyl (C=O) groups excluding carboxylic acids is 1. The summed E-state index contributed by atoms with van der Waals surface area (Å²) in [4.78, 5) is 13.9. The Hall–Kier alpha value is -2.25. The van der Waals surface area contributed by atoms with E-state index in [0.717, 1.165) is 23.2 Å². The summed E-state index contributed by atoms with van der Waals surface area (Å²) in [6.07, 6.45) is 1.80. The van der Waals surface area contributed by atoms with Crippen molar-refractivity contribution in [2.24, 2.45) is 0 Å². The summed E-state index contributed by atoms with van der Waals surface area (Å²) in [6, 6.07) is 12.6. The molecule has 3 rings (SSSR count). The summed E-state index contributed by atoms with van der Waals surface area (Å²) in [5, 5.41) is 4.12. The minimum atomic E-state index is -3.39. The van der Waals surface area contributed by atoms with Crippen LogP contribution in [-0.2, 0) is 14.8 Å². The lowest BCUT2D eigenvalue weighted by Crippen LogP contribution is -2.43. The van der Waals surface area contributed by atoms with Crippen LogP contribution in [0.4, 0.5) is 17.1 Å². The maximum Gasteiger partial charge on any atom is 0.229 e. The van der Waals surface area contributed by atoms with Gasteiger partial charge in [-0.15, -0.1) is 0 Å². The predicted molar refractivity (Wildman–Crippen MR) is 110 cm³/mol. The van der Waals surface area contributed by atoms with Crippen molar-refractivity contribution < 1.29 is 13.2 Å². The zero-order valence-electron chi connectivity index (χ0n) is 15.4. The number of hydrogen-bond acceptors (Lipinski definition) is 4. The van der Waals surface area contributed by atoms with Gasteiger partial charge in [0, 0.05) is 40.6 Å². The first kappa shape index (κ1) is 19.5. The summed E-state index contributed by atoms with van der Waals surface area (Å²) in [5.74, 6) is -0.0440. The van der Waals surface area contributed by atoms with Crippen molar-refractivity contribution >= 4 is 44.6 Å². The average molecular weight is 408 g/mol. The first-order valence-electron chi connectivity index (χ1n) is 8.57. The van der Waals surface area contributed by atoms with Gasteiger partial charge in [0.25, 0.3) is 0 Å². The molecule has 2 atom stereocenters. The van der Waals surface area contributed by atoms with Gasteiger partial charge in [0.2, 0.25) is 15.9 Å². The highest BCUT2D eigenvalue weighted by Gasteiger charge is 2.32. The molecule has 1 heterocycles. The fraction of sp³-hybridized carbons (Fsp3) is 0.316. The van der Waals surface area contributed by atoms with Crippen LogP contribution in [0.1, 0.15) is 31.9 Å². The Labute approximate surface area is 164 Å². The SMILES string of the molecule is CC(=O)N1c2ccc(NS(C)(=O)=O)cc2C(Nc2ccc(Cl)cc2)CC1C. The molecule has 1 amide bonds. The lowest BCUT2D eigenvalue weighted by molar-refractivity contribution is -0.117. The van der Waals surface area contributed by atoms with E-state index in [2.05, 4.69) is 10.0 Å². The van der Waals surface area contributed by atoms with Gasteiger partial charge in [-0.2, -0.15) is 0 Å². The highest BCUT2D eigenvalue weighted by Crippen LogP contribution is 2.40. The lowest BCUT2D eigenvalue weighted by Gasteiger charge is -2.39. The normalized spacial score (nSPS) is 19.3. The molecule has 0 saturated carbocycles. The quantitative estimate of drug-likeness (QED) is 0.802. The van der Waals surface area contributed by atoms with E-state index in [4.69, 9.17) is 11.6 Å². The number of sulfonamides is 1. The standard InChI is InChI=1S/C19H22ClN3O3S/c1-12-10-18(21-15-6-4-14(20)5-7-15)17-11-16(22-27(3,25)26)8-9-19(17)23(12)13(2)24/h4-9,11-12,18,21-22H,10H2,1-3H3. The van der Waals surface area contributed by atoms with Crippen molar-refractivity contribution in [2.75, 3.05) is 21.2 Å². The first-order chi connectivity index (χ1) is 12.6.